The second-order valence-electron chi connectivity index (χ2n) is 2.90. The van der Waals surface area contributed by atoms with Crippen LogP contribution >= 0.6 is 0 Å². The van der Waals surface area contributed by atoms with E-state index in [0.29, 0.717) is 0 Å². The average molecular weight is 297 g/mol. The first-order valence-electron chi connectivity index (χ1n) is 4.30. The molecule has 16 heavy (non-hydrogen) atoms. The Morgan fingerprint density at radius 3 is 1.81 bits per heavy atom. The van der Waals surface area contributed by atoms with Crippen molar-refractivity contribution >= 4 is 21.2 Å². The van der Waals surface area contributed by atoms with Crippen LogP contribution in [0.15, 0.2) is 30.3 Å². The van der Waals surface area contributed by atoms with E-state index in [1.54, 1.807) is 0 Å². The molecule has 0 nitrogen and oxygen atoms in total. The van der Waals surface area contributed by atoms with Crippen molar-refractivity contribution in [3.05, 3.63) is 35.9 Å². The predicted molar refractivity (Wildman–Crippen MR) is 61.0 cm³/mol. The van der Waals surface area contributed by atoms with E-state index >= 15 is 0 Å². The van der Waals surface area contributed by atoms with Gasteiger partial charge in [0.15, 0.2) is 0 Å². The second-order valence-corrected chi connectivity index (χ2v) is 6.76. The second kappa shape index (κ2) is 7.37. The predicted octanol–water partition coefficient (Wildman–Crippen LogP) is 3.63. The molecule has 0 N–H and O–H groups in total. The first-order valence-corrected chi connectivity index (χ1v) is 8.59. The normalized spacial score (nSPS) is 9.94. The molecule has 0 amide bonds. The molecule has 0 unspecified atom stereocenters. The molecule has 0 fully saturated rings. The van der Waals surface area contributed by atoms with Gasteiger partial charge in [0.2, 0.25) is 0 Å². The molecule has 0 aliphatic heterocycles. The van der Waals surface area contributed by atoms with Crippen LogP contribution in [-0.2, 0) is 0 Å². The maximum absolute atomic E-state index is 9.75. The standard InChI is InChI=1S/C10H11Se.BF4/c1-11(2)9-8-10-6-4-3-5-7-10;2-1(3,4)5/h3-7H,1-2H3;/q+1;-1. The molecule has 1 aromatic carbocycles. The van der Waals surface area contributed by atoms with Gasteiger partial charge in [-0.15, -0.1) is 0 Å². The minimum atomic E-state index is -6.00. The van der Waals surface area contributed by atoms with Gasteiger partial charge in [-0.2, -0.15) is 0 Å². The molecule has 0 spiro atoms. The van der Waals surface area contributed by atoms with Crippen LogP contribution in [0.3, 0.4) is 0 Å². The molecule has 0 aliphatic carbocycles. The Bertz CT molecular complexity index is 345. The Labute approximate surface area is 97.0 Å². The number of halogens is 4. The largest absolute Gasteiger partial charge is 0.673 e. The average Bonchev–Trinajstić information content (AvgIpc) is 2.14. The first-order chi connectivity index (χ1) is 7.29. The fourth-order valence-corrected chi connectivity index (χ4v) is 1.36. The van der Waals surface area contributed by atoms with E-state index < -0.39 is 21.2 Å². The molecule has 0 saturated carbocycles. The maximum atomic E-state index is 9.75. The summed E-state index contributed by atoms with van der Waals surface area (Å²) >= 11 is -0.586. The molecule has 6 heteroatoms. The molecular weight excluding hydrogens is 286 g/mol. The number of hydrogen-bond acceptors (Lipinski definition) is 0. The summed E-state index contributed by atoms with van der Waals surface area (Å²) in [7, 11) is -6.00. The van der Waals surface area contributed by atoms with Crippen molar-refractivity contribution in [2.75, 3.05) is 0 Å². The van der Waals surface area contributed by atoms with Gasteiger partial charge < -0.3 is 17.3 Å². The third-order valence-corrected chi connectivity index (χ3v) is 2.24. The molecular formula is C10H11BF4Se. The summed E-state index contributed by atoms with van der Waals surface area (Å²) in [6, 6.07) is 10.1. The van der Waals surface area contributed by atoms with Crippen LogP contribution < -0.4 is 0 Å². The van der Waals surface area contributed by atoms with Crippen molar-refractivity contribution in [1.82, 2.24) is 0 Å². The van der Waals surface area contributed by atoms with E-state index in [9.17, 15) is 17.3 Å². The van der Waals surface area contributed by atoms with E-state index in [1.165, 1.54) is 0 Å². The molecule has 88 valence electrons. The zero-order valence-corrected chi connectivity index (χ0v) is 10.6. The van der Waals surface area contributed by atoms with Crippen molar-refractivity contribution in [3.8, 4) is 10.7 Å². The third kappa shape index (κ3) is 13.1. The summed E-state index contributed by atoms with van der Waals surface area (Å²) in [6.07, 6.45) is 0. The van der Waals surface area contributed by atoms with Crippen molar-refractivity contribution in [2.24, 2.45) is 0 Å². The summed E-state index contributed by atoms with van der Waals surface area (Å²) in [5.74, 6) is 7.59. The van der Waals surface area contributed by atoms with Gasteiger partial charge in [-0.1, -0.05) is 0 Å². The Hall–Kier alpha value is -0.916. The molecule has 0 heterocycles. The molecule has 0 atom stereocenters. The number of benzene rings is 1. The first kappa shape index (κ1) is 15.1. The van der Waals surface area contributed by atoms with Crippen LogP contribution in [-0.4, -0.2) is 21.2 Å². The van der Waals surface area contributed by atoms with E-state index in [-0.39, 0.29) is 0 Å². The van der Waals surface area contributed by atoms with Crippen molar-refractivity contribution in [1.29, 1.82) is 0 Å². The zero-order valence-electron chi connectivity index (χ0n) is 8.88. The number of rotatable bonds is 0. The fraction of sp³-hybridized carbons (Fsp3) is 0.200. The Morgan fingerprint density at radius 1 is 1.00 bits per heavy atom. The smallest absolute Gasteiger partial charge is 0.418 e. The minimum absolute atomic E-state index is 0.586. The third-order valence-electron chi connectivity index (χ3n) is 1.17. The van der Waals surface area contributed by atoms with Crippen LogP contribution in [0.4, 0.5) is 17.3 Å². The Balaban J connectivity index is 0.000000385. The topological polar surface area (TPSA) is 0 Å². The van der Waals surface area contributed by atoms with Crippen LogP contribution in [0, 0.1) is 10.7 Å². The quantitative estimate of drug-likeness (QED) is 0.390. The monoisotopic (exact) mass is 298 g/mol. The van der Waals surface area contributed by atoms with E-state index in [0.717, 1.165) is 5.56 Å². The van der Waals surface area contributed by atoms with Gasteiger partial charge in [-0.3, -0.25) is 0 Å². The molecule has 1 rings (SSSR count). The van der Waals surface area contributed by atoms with Crippen molar-refractivity contribution in [3.63, 3.8) is 0 Å². The fourth-order valence-electron chi connectivity index (χ4n) is 0.682. The van der Waals surface area contributed by atoms with E-state index in [4.69, 9.17) is 0 Å². The van der Waals surface area contributed by atoms with Crippen molar-refractivity contribution < 1.29 is 17.3 Å². The molecule has 0 aromatic heterocycles. The van der Waals surface area contributed by atoms with E-state index in [1.807, 2.05) is 30.3 Å². The van der Waals surface area contributed by atoms with Crippen molar-refractivity contribution in [2.45, 2.75) is 11.6 Å². The Morgan fingerprint density at radius 2 is 1.44 bits per heavy atom. The van der Waals surface area contributed by atoms with Gasteiger partial charge in [0.25, 0.3) is 0 Å². The summed E-state index contributed by atoms with van der Waals surface area (Å²) in [6.45, 7) is 0. The minimum Gasteiger partial charge on any atom is -0.418 e. The van der Waals surface area contributed by atoms with Gasteiger partial charge in [0, 0.05) is 0 Å². The molecule has 1 aromatic rings. The van der Waals surface area contributed by atoms with Gasteiger partial charge in [-0.25, -0.2) is 0 Å². The van der Waals surface area contributed by atoms with Crippen LogP contribution in [0.1, 0.15) is 5.56 Å². The molecule has 0 aliphatic rings. The van der Waals surface area contributed by atoms with Gasteiger partial charge in [-0.05, 0) is 0 Å². The van der Waals surface area contributed by atoms with Crippen LogP contribution in [0.5, 0.6) is 0 Å². The van der Waals surface area contributed by atoms with Crippen LogP contribution in [0.25, 0.3) is 0 Å². The molecule has 0 saturated heterocycles. The molecule has 0 radical (unpaired) electrons. The Kier molecular flexibility index (Phi) is 6.95. The SMILES string of the molecule is C[Se+](C)C#Cc1ccccc1.F[B-](F)(F)F. The number of hydrogen-bond donors (Lipinski definition) is 0. The summed E-state index contributed by atoms with van der Waals surface area (Å²) in [5, 5.41) is 0. The van der Waals surface area contributed by atoms with Crippen LogP contribution in [0.2, 0.25) is 11.6 Å². The van der Waals surface area contributed by atoms with Gasteiger partial charge >= 0.3 is 79.4 Å². The molecule has 0 bridgehead atoms. The zero-order chi connectivity index (χ0) is 12.6. The summed E-state index contributed by atoms with van der Waals surface area (Å²) in [4.78, 5) is 3.24. The van der Waals surface area contributed by atoms with E-state index in [2.05, 4.69) is 22.4 Å². The maximum Gasteiger partial charge on any atom is 0.673 e. The summed E-state index contributed by atoms with van der Waals surface area (Å²) < 4.78 is 39.0. The van der Waals surface area contributed by atoms with Gasteiger partial charge in [0.05, 0.1) is 0 Å². The van der Waals surface area contributed by atoms with Gasteiger partial charge in [0.1, 0.15) is 0 Å². The summed E-state index contributed by atoms with van der Waals surface area (Å²) in [5.41, 5.74) is 1.13.